The van der Waals surface area contributed by atoms with Crippen LogP contribution in [0.4, 0.5) is 0 Å². The average molecular weight is 258 g/mol. The molecule has 4 heteroatoms. The van der Waals surface area contributed by atoms with E-state index in [0.29, 0.717) is 11.6 Å². The number of methoxy groups -OCH3 is 1. The molecule has 1 aromatic rings. The van der Waals surface area contributed by atoms with Crippen molar-refractivity contribution in [3.05, 3.63) is 28.8 Å². The molecular formula is C13H20ClNO2. The largest absolute Gasteiger partial charge is 0.496 e. The van der Waals surface area contributed by atoms with Crippen LogP contribution in [0.2, 0.25) is 5.02 Å². The van der Waals surface area contributed by atoms with Crippen LogP contribution in [0, 0.1) is 0 Å². The molecule has 1 atom stereocenters. The SMILES string of the molecule is COc1ccc(Cl)cc1CNC(C)(C)C(C)O. The lowest BCUT2D eigenvalue weighted by atomic mass is 9.98. The highest BCUT2D eigenvalue weighted by molar-refractivity contribution is 6.30. The zero-order valence-corrected chi connectivity index (χ0v) is 11.5. The summed E-state index contributed by atoms with van der Waals surface area (Å²) in [5.74, 6) is 0.795. The molecule has 1 unspecified atom stereocenters. The minimum absolute atomic E-state index is 0.354. The average Bonchev–Trinajstić information content (AvgIpc) is 2.26. The summed E-state index contributed by atoms with van der Waals surface area (Å²) in [5, 5.41) is 13.6. The number of rotatable bonds is 5. The fourth-order valence-corrected chi connectivity index (χ4v) is 1.55. The van der Waals surface area contributed by atoms with Crippen LogP contribution in [-0.2, 0) is 6.54 Å². The van der Waals surface area contributed by atoms with Crippen molar-refractivity contribution in [2.75, 3.05) is 7.11 Å². The standard InChI is InChI=1S/C13H20ClNO2/c1-9(16)13(2,3)15-8-10-7-11(14)5-6-12(10)17-4/h5-7,9,15-16H,8H2,1-4H3. The van der Waals surface area contributed by atoms with E-state index in [9.17, 15) is 5.11 Å². The Bertz CT molecular complexity index is 378. The molecule has 0 fully saturated rings. The van der Waals surface area contributed by atoms with E-state index in [1.54, 1.807) is 20.1 Å². The quantitative estimate of drug-likeness (QED) is 0.852. The van der Waals surface area contributed by atoms with Gasteiger partial charge in [-0.15, -0.1) is 0 Å². The Morgan fingerprint density at radius 1 is 1.47 bits per heavy atom. The molecule has 0 saturated carbocycles. The number of aliphatic hydroxyl groups is 1. The van der Waals surface area contributed by atoms with Crippen molar-refractivity contribution >= 4 is 11.6 Å². The van der Waals surface area contributed by atoms with Crippen molar-refractivity contribution in [3.8, 4) is 5.75 Å². The highest BCUT2D eigenvalue weighted by Gasteiger charge is 2.23. The van der Waals surface area contributed by atoms with Gasteiger partial charge >= 0.3 is 0 Å². The van der Waals surface area contributed by atoms with Crippen molar-refractivity contribution in [2.24, 2.45) is 0 Å². The summed E-state index contributed by atoms with van der Waals surface area (Å²) in [7, 11) is 1.63. The number of nitrogens with one attached hydrogen (secondary N) is 1. The lowest BCUT2D eigenvalue weighted by molar-refractivity contribution is 0.0955. The molecule has 0 heterocycles. The van der Waals surface area contributed by atoms with Gasteiger partial charge in [-0.2, -0.15) is 0 Å². The van der Waals surface area contributed by atoms with E-state index in [-0.39, 0.29) is 5.54 Å². The maximum atomic E-state index is 9.62. The molecule has 17 heavy (non-hydrogen) atoms. The highest BCUT2D eigenvalue weighted by atomic mass is 35.5. The monoisotopic (exact) mass is 257 g/mol. The van der Waals surface area contributed by atoms with Crippen LogP contribution < -0.4 is 10.1 Å². The summed E-state index contributed by atoms with van der Waals surface area (Å²) in [6.07, 6.45) is -0.437. The predicted octanol–water partition coefficient (Wildman–Crippen LogP) is 2.60. The zero-order chi connectivity index (χ0) is 13.1. The third-order valence-corrected chi connectivity index (χ3v) is 3.26. The highest BCUT2D eigenvalue weighted by Crippen LogP contribution is 2.23. The maximum absolute atomic E-state index is 9.62. The molecule has 0 amide bonds. The van der Waals surface area contributed by atoms with Crippen LogP contribution >= 0.6 is 11.6 Å². The molecule has 0 aromatic heterocycles. The van der Waals surface area contributed by atoms with Gasteiger partial charge in [0.2, 0.25) is 0 Å². The first-order chi connectivity index (χ1) is 7.86. The molecule has 1 rings (SSSR count). The second kappa shape index (κ2) is 5.71. The number of hydrogen-bond donors (Lipinski definition) is 2. The van der Waals surface area contributed by atoms with Gasteiger partial charge in [0.05, 0.1) is 13.2 Å². The first kappa shape index (κ1) is 14.3. The maximum Gasteiger partial charge on any atom is 0.123 e. The predicted molar refractivity (Wildman–Crippen MR) is 70.6 cm³/mol. The second-order valence-corrected chi connectivity index (χ2v) is 5.14. The second-order valence-electron chi connectivity index (χ2n) is 4.71. The first-order valence-electron chi connectivity index (χ1n) is 5.62. The van der Waals surface area contributed by atoms with Gasteiger partial charge in [0.1, 0.15) is 5.75 Å². The van der Waals surface area contributed by atoms with Crippen LogP contribution in [0.3, 0.4) is 0 Å². The number of benzene rings is 1. The molecule has 3 nitrogen and oxygen atoms in total. The first-order valence-corrected chi connectivity index (χ1v) is 6.00. The Morgan fingerprint density at radius 3 is 2.65 bits per heavy atom. The molecular weight excluding hydrogens is 238 g/mol. The molecule has 0 saturated heterocycles. The van der Waals surface area contributed by atoms with E-state index in [1.807, 2.05) is 26.0 Å². The molecule has 96 valence electrons. The van der Waals surface area contributed by atoms with Crippen LogP contribution in [0.15, 0.2) is 18.2 Å². The van der Waals surface area contributed by atoms with E-state index >= 15 is 0 Å². The van der Waals surface area contributed by atoms with Crippen LogP contribution in [0.5, 0.6) is 5.75 Å². The van der Waals surface area contributed by atoms with Gasteiger partial charge in [-0.1, -0.05) is 11.6 Å². The van der Waals surface area contributed by atoms with Crippen molar-refractivity contribution in [1.82, 2.24) is 5.32 Å². The molecule has 0 radical (unpaired) electrons. The smallest absolute Gasteiger partial charge is 0.123 e. The third kappa shape index (κ3) is 3.87. The molecule has 1 aromatic carbocycles. The zero-order valence-electron chi connectivity index (χ0n) is 10.7. The molecule has 0 aliphatic carbocycles. The summed E-state index contributed by atoms with van der Waals surface area (Å²) in [4.78, 5) is 0. The lowest BCUT2D eigenvalue weighted by Crippen LogP contribution is -2.47. The summed E-state index contributed by atoms with van der Waals surface area (Å²) in [6, 6.07) is 5.50. The van der Waals surface area contributed by atoms with Crippen molar-refractivity contribution in [1.29, 1.82) is 0 Å². The van der Waals surface area contributed by atoms with E-state index in [1.165, 1.54) is 0 Å². The van der Waals surface area contributed by atoms with E-state index in [2.05, 4.69) is 5.32 Å². The fourth-order valence-electron chi connectivity index (χ4n) is 1.36. The van der Waals surface area contributed by atoms with Gasteiger partial charge in [0.15, 0.2) is 0 Å². The van der Waals surface area contributed by atoms with Gasteiger partial charge in [-0.05, 0) is 39.0 Å². The molecule has 0 aliphatic heterocycles. The summed E-state index contributed by atoms with van der Waals surface area (Å²) >= 11 is 5.95. The van der Waals surface area contributed by atoms with Gasteiger partial charge in [0, 0.05) is 22.7 Å². The molecule has 0 bridgehead atoms. The van der Waals surface area contributed by atoms with Crippen molar-refractivity contribution < 1.29 is 9.84 Å². The van der Waals surface area contributed by atoms with Crippen LogP contribution in [-0.4, -0.2) is 23.9 Å². The Balaban J connectivity index is 2.78. The van der Waals surface area contributed by atoms with Gasteiger partial charge in [-0.25, -0.2) is 0 Å². The number of hydrogen-bond acceptors (Lipinski definition) is 3. The Labute approximate surface area is 108 Å². The topological polar surface area (TPSA) is 41.5 Å². The summed E-state index contributed by atoms with van der Waals surface area (Å²) in [6.45, 7) is 6.27. The lowest BCUT2D eigenvalue weighted by Gasteiger charge is -2.29. The van der Waals surface area contributed by atoms with Gasteiger partial charge in [0.25, 0.3) is 0 Å². The Morgan fingerprint density at radius 2 is 2.12 bits per heavy atom. The number of ether oxygens (including phenoxy) is 1. The molecule has 0 aliphatic rings. The number of aliphatic hydroxyl groups excluding tert-OH is 1. The van der Waals surface area contributed by atoms with E-state index in [0.717, 1.165) is 11.3 Å². The minimum Gasteiger partial charge on any atom is -0.496 e. The van der Waals surface area contributed by atoms with Crippen molar-refractivity contribution in [2.45, 2.75) is 39.0 Å². The summed E-state index contributed by atoms with van der Waals surface area (Å²) < 4.78 is 5.26. The minimum atomic E-state index is -0.437. The Kier molecular flexibility index (Phi) is 4.80. The normalized spacial score (nSPS) is 13.5. The fraction of sp³-hybridized carbons (Fsp3) is 0.538. The van der Waals surface area contributed by atoms with E-state index < -0.39 is 6.10 Å². The van der Waals surface area contributed by atoms with Crippen LogP contribution in [0.1, 0.15) is 26.3 Å². The summed E-state index contributed by atoms with van der Waals surface area (Å²) in [5.41, 5.74) is 0.626. The third-order valence-electron chi connectivity index (χ3n) is 3.02. The molecule has 0 spiro atoms. The van der Waals surface area contributed by atoms with Gasteiger partial charge < -0.3 is 15.2 Å². The molecule has 2 N–H and O–H groups in total. The van der Waals surface area contributed by atoms with Crippen LogP contribution in [0.25, 0.3) is 0 Å². The van der Waals surface area contributed by atoms with Crippen molar-refractivity contribution in [3.63, 3.8) is 0 Å². The number of halogens is 1. The van der Waals surface area contributed by atoms with Gasteiger partial charge in [-0.3, -0.25) is 0 Å². The van der Waals surface area contributed by atoms with E-state index in [4.69, 9.17) is 16.3 Å². The Hall–Kier alpha value is -0.770.